The van der Waals surface area contributed by atoms with E-state index in [0.717, 1.165) is 65.8 Å². The lowest BCUT2D eigenvalue weighted by Crippen LogP contribution is -1.91. The number of thiophene rings is 1. The van der Waals surface area contributed by atoms with E-state index in [1.807, 2.05) is 17.4 Å². The van der Waals surface area contributed by atoms with E-state index < -0.39 is 0 Å². The van der Waals surface area contributed by atoms with Crippen molar-refractivity contribution in [1.29, 1.82) is 0 Å². The van der Waals surface area contributed by atoms with Crippen LogP contribution in [0.25, 0.3) is 119 Å². The summed E-state index contributed by atoms with van der Waals surface area (Å²) in [5.74, 6) is 0. The number of furan rings is 2. The predicted octanol–water partition coefficient (Wildman–Crippen LogP) is 14.6. The lowest BCUT2D eigenvalue weighted by molar-refractivity contribution is 0.665. The Balaban J connectivity index is 1.25. The van der Waals surface area contributed by atoms with Crippen molar-refractivity contribution in [3.63, 3.8) is 0 Å². The second-order valence-electron chi connectivity index (χ2n) is 13.5. The SMILES string of the molecule is c1ccc2c(c1)ccc1c2oc2c(-c3c4ccccc4c(-c4ccc5c(c4)sc4ccccc45)c4ccccc34)cc3oc4ccccc4c3c21. The smallest absolute Gasteiger partial charge is 0.144 e. The Labute approximate surface area is 295 Å². The number of fused-ring (bicyclic) bond motifs is 14. The van der Waals surface area contributed by atoms with Gasteiger partial charge in [-0.1, -0.05) is 127 Å². The van der Waals surface area contributed by atoms with Crippen LogP contribution < -0.4 is 0 Å². The van der Waals surface area contributed by atoms with Gasteiger partial charge in [-0.3, -0.25) is 0 Å². The molecule has 0 fully saturated rings. The molecule has 0 saturated carbocycles. The van der Waals surface area contributed by atoms with Gasteiger partial charge in [-0.05, 0) is 68.4 Å². The second-order valence-corrected chi connectivity index (χ2v) is 14.6. The molecule has 0 bridgehead atoms. The first-order valence-electron chi connectivity index (χ1n) is 17.3. The van der Waals surface area contributed by atoms with E-state index in [4.69, 9.17) is 8.83 Å². The summed E-state index contributed by atoms with van der Waals surface area (Å²) in [5.41, 5.74) is 8.20. The fraction of sp³-hybridized carbons (Fsp3) is 0. The molecule has 2 nitrogen and oxygen atoms in total. The van der Waals surface area contributed by atoms with Crippen molar-refractivity contribution >= 4 is 108 Å². The van der Waals surface area contributed by atoms with Crippen molar-refractivity contribution in [3.8, 4) is 22.3 Å². The van der Waals surface area contributed by atoms with Crippen LogP contribution in [0.3, 0.4) is 0 Å². The van der Waals surface area contributed by atoms with Crippen LogP contribution in [0.1, 0.15) is 0 Å². The van der Waals surface area contributed by atoms with Crippen molar-refractivity contribution in [3.05, 3.63) is 158 Å². The van der Waals surface area contributed by atoms with Gasteiger partial charge < -0.3 is 8.83 Å². The average Bonchev–Trinajstić information content (AvgIpc) is 3.87. The van der Waals surface area contributed by atoms with E-state index in [9.17, 15) is 0 Å². The normalized spacial score (nSPS) is 12.3. The highest BCUT2D eigenvalue weighted by molar-refractivity contribution is 7.25. The molecule has 0 aliphatic heterocycles. The van der Waals surface area contributed by atoms with E-state index in [1.165, 1.54) is 52.8 Å². The zero-order valence-corrected chi connectivity index (χ0v) is 28.1. The fourth-order valence-electron chi connectivity index (χ4n) is 8.68. The molecule has 0 atom stereocenters. The summed E-state index contributed by atoms with van der Waals surface area (Å²) in [6.45, 7) is 0. The van der Waals surface area contributed by atoms with Gasteiger partial charge in [-0.25, -0.2) is 0 Å². The maximum absolute atomic E-state index is 7.13. The van der Waals surface area contributed by atoms with Crippen molar-refractivity contribution in [2.75, 3.05) is 0 Å². The molecule has 0 N–H and O–H groups in total. The maximum atomic E-state index is 7.13. The zero-order chi connectivity index (χ0) is 33.2. The van der Waals surface area contributed by atoms with Gasteiger partial charge in [-0.15, -0.1) is 11.3 Å². The number of benzene rings is 9. The number of hydrogen-bond acceptors (Lipinski definition) is 3. The lowest BCUT2D eigenvalue weighted by atomic mass is 9.85. The molecule has 0 amide bonds. The third-order valence-electron chi connectivity index (χ3n) is 10.8. The van der Waals surface area contributed by atoms with Crippen LogP contribution in [-0.2, 0) is 0 Å². The lowest BCUT2D eigenvalue weighted by Gasteiger charge is -2.18. The Morgan fingerprint density at radius 3 is 1.75 bits per heavy atom. The Kier molecular flexibility index (Phi) is 5.41. The first-order chi connectivity index (χ1) is 25.3. The van der Waals surface area contributed by atoms with Crippen molar-refractivity contribution in [1.82, 2.24) is 0 Å². The van der Waals surface area contributed by atoms with Gasteiger partial charge in [-0.2, -0.15) is 0 Å². The van der Waals surface area contributed by atoms with Crippen LogP contribution in [-0.4, -0.2) is 0 Å². The van der Waals surface area contributed by atoms with Crippen LogP contribution in [0.15, 0.2) is 167 Å². The first-order valence-corrected chi connectivity index (χ1v) is 18.2. The van der Waals surface area contributed by atoms with Gasteiger partial charge in [0.05, 0.1) is 0 Å². The minimum absolute atomic E-state index is 0.863. The third kappa shape index (κ3) is 3.71. The van der Waals surface area contributed by atoms with Gasteiger partial charge in [0, 0.05) is 58.2 Å². The third-order valence-corrected chi connectivity index (χ3v) is 12.0. The van der Waals surface area contributed by atoms with Crippen LogP contribution in [0.2, 0.25) is 0 Å². The minimum atomic E-state index is 0.863. The van der Waals surface area contributed by atoms with Gasteiger partial charge >= 0.3 is 0 Å². The van der Waals surface area contributed by atoms with E-state index in [0.29, 0.717) is 0 Å². The van der Waals surface area contributed by atoms with E-state index in [-0.39, 0.29) is 0 Å². The number of rotatable bonds is 2. The highest BCUT2D eigenvalue weighted by Gasteiger charge is 2.25. The molecule has 0 spiro atoms. The highest BCUT2D eigenvalue weighted by Crippen LogP contribution is 2.50. The first kappa shape index (κ1) is 27.4. The van der Waals surface area contributed by atoms with Gasteiger partial charge in [0.25, 0.3) is 0 Å². The average molecular weight is 667 g/mol. The van der Waals surface area contributed by atoms with Gasteiger partial charge in [0.1, 0.15) is 22.3 Å². The van der Waals surface area contributed by atoms with Crippen LogP contribution >= 0.6 is 11.3 Å². The molecule has 0 radical (unpaired) electrons. The molecule has 12 aromatic rings. The molecular weight excluding hydrogens is 641 g/mol. The molecule has 0 unspecified atom stereocenters. The summed E-state index contributed by atoms with van der Waals surface area (Å²) in [4.78, 5) is 0. The van der Waals surface area contributed by atoms with Crippen LogP contribution in [0.5, 0.6) is 0 Å². The van der Waals surface area contributed by atoms with Crippen molar-refractivity contribution < 1.29 is 8.83 Å². The Morgan fingerprint density at radius 1 is 0.353 bits per heavy atom. The number of hydrogen-bond donors (Lipinski definition) is 0. The van der Waals surface area contributed by atoms with Gasteiger partial charge in [0.2, 0.25) is 0 Å². The van der Waals surface area contributed by atoms with Crippen LogP contribution in [0.4, 0.5) is 0 Å². The second kappa shape index (κ2) is 10.1. The molecule has 3 heterocycles. The summed E-state index contributed by atoms with van der Waals surface area (Å²) in [6, 6.07) is 56.9. The molecule has 12 rings (SSSR count). The zero-order valence-electron chi connectivity index (χ0n) is 27.2. The van der Waals surface area contributed by atoms with Crippen LogP contribution in [0, 0.1) is 0 Å². The largest absolute Gasteiger partial charge is 0.456 e. The molecule has 0 aliphatic carbocycles. The monoisotopic (exact) mass is 666 g/mol. The minimum Gasteiger partial charge on any atom is -0.456 e. The van der Waals surface area contributed by atoms with Crippen molar-refractivity contribution in [2.24, 2.45) is 0 Å². The number of para-hydroxylation sites is 1. The molecule has 0 saturated heterocycles. The molecule has 0 aliphatic rings. The Bertz CT molecular complexity index is 3370. The summed E-state index contributed by atoms with van der Waals surface area (Å²) in [6.07, 6.45) is 0. The summed E-state index contributed by atoms with van der Waals surface area (Å²) in [7, 11) is 0. The predicted molar refractivity (Wildman–Crippen MR) is 217 cm³/mol. The Hall–Kier alpha value is -6.42. The maximum Gasteiger partial charge on any atom is 0.144 e. The topological polar surface area (TPSA) is 26.3 Å². The van der Waals surface area contributed by atoms with Gasteiger partial charge in [0.15, 0.2) is 0 Å². The summed E-state index contributed by atoms with van der Waals surface area (Å²) in [5, 5.41) is 14.1. The molecule has 9 aromatic carbocycles. The quantitative estimate of drug-likeness (QED) is 0.172. The van der Waals surface area contributed by atoms with E-state index in [1.54, 1.807) is 0 Å². The highest BCUT2D eigenvalue weighted by atomic mass is 32.1. The van der Waals surface area contributed by atoms with Crippen molar-refractivity contribution in [2.45, 2.75) is 0 Å². The Morgan fingerprint density at radius 2 is 0.961 bits per heavy atom. The molecule has 51 heavy (non-hydrogen) atoms. The van der Waals surface area contributed by atoms with E-state index >= 15 is 0 Å². The molecule has 3 aromatic heterocycles. The van der Waals surface area contributed by atoms with E-state index in [2.05, 4.69) is 152 Å². The molecule has 236 valence electrons. The fourth-order valence-corrected chi connectivity index (χ4v) is 9.83. The molecular formula is C48H26O2S. The summed E-state index contributed by atoms with van der Waals surface area (Å²) >= 11 is 1.87. The molecule has 3 heteroatoms. The standard InChI is InChI=1S/C48H26O2S/c1-2-12-29-27(11-1)21-24-37-46-45-36-18-7-9-19-39(36)49-40(45)26-38(48(46)50-47(29)37)44-34-16-5-3-14-32(34)43(33-15-4-6-17-35(33)44)28-22-23-31-30-13-8-10-20-41(30)51-42(31)25-28/h1-26H. The summed E-state index contributed by atoms with van der Waals surface area (Å²) < 4.78 is 16.4.